The maximum Gasteiger partial charge on any atom is 0.309 e. The molecular formula is C14H18O4S. The minimum atomic E-state index is -3.26. The van der Waals surface area contributed by atoms with Gasteiger partial charge in [0.2, 0.25) is 0 Å². The van der Waals surface area contributed by atoms with Crippen molar-refractivity contribution in [2.75, 3.05) is 5.75 Å². The highest BCUT2D eigenvalue weighted by Crippen LogP contribution is 2.42. The molecule has 1 aliphatic heterocycles. The summed E-state index contributed by atoms with van der Waals surface area (Å²) in [6.45, 7) is 5.18. The number of benzene rings is 1. The van der Waals surface area contributed by atoms with Crippen LogP contribution in [0.2, 0.25) is 0 Å². The number of aryl methyl sites for hydroxylation is 1. The van der Waals surface area contributed by atoms with E-state index in [-0.39, 0.29) is 11.7 Å². The molecule has 0 aliphatic carbocycles. The molecule has 1 N–H and O–H groups in total. The molecule has 104 valence electrons. The van der Waals surface area contributed by atoms with Gasteiger partial charge in [0, 0.05) is 5.92 Å². The summed E-state index contributed by atoms with van der Waals surface area (Å²) in [5, 5.41) is 9.18. The smallest absolute Gasteiger partial charge is 0.309 e. The van der Waals surface area contributed by atoms with Crippen LogP contribution in [0.25, 0.3) is 0 Å². The van der Waals surface area contributed by atoms with Crippen LogP contribution in [-0.2, 0) is 14.6 Å². The van der Waals surface area contributed by atoms with E-state index in [4.69, 9.17) is 0 Å². The fourth-order valence-electron chi connectivity index (χ4n) is 2.59. The van der Waals surface area contributed by atoms with Crippen molar-refractivity contribution in [3.05, 3.63) is 29.3 Å². The number of sulfone groups is 1. The zero-order valence-corrected chi connectivity index (χ0v) is 12.1. The largest absolute Gasteiger partial charge is 0.481 e. The fourth-order valence-corrected chi connectivity index (χ4v) is 4.45. The summed E-state index contributed by atoms with van der Waals surface area (Å²) in [4.78, 5) is 11.6. The van der Waals surface area contributed by atoms with Crippen molar-refractivity contribution in [1.82, 2.24) is 0 Å². The van der Waals surface area contributed by atoms with Gasteiger partial charge in [0.15, 0.2) is 9.84 Å². The number of hydrogen-bond donors (Lipinski definition) is 1. The number of carboxylic acid groups (broad SMARTS) is 1. The first-order valence-electron chi connectivity index (χ1n) is 6.20. The second-order valence-electron chi connectivity index (χ2n) is 5.91. The molecule has 1 heterocycles. The van der Waals surface area contributed by atoms with Crippen molar-refractivity contribution in [3.8, 4) is 0 Å². The SMILES string of the molecule is Cc1ccc2c(c1)C(CC(C)(C)C(=O)O)CS2(=O)=O. The van der Waals surface area contributed by atoms with Crippen LogP contribution >= 0.6 is 0 Å². The monoisotopic (exact) mass is 282 g/mol. The van der Waals surface area contributed by atoms with Crippen LogP contribution in [0.4, 0.5) is 0 Å². The van der Waals surface area contributed by atoms with E-state index in [2.05, 4.69) is 0 Å². The molecule has 1 atom stereocenters. The van der Waals surface area contributed by atoms with Crippen LogP contribution in [0.15, 0.2) is 23.1 Å². The fraction of sp³-hybridized carbons (Fsp3) is 0.500. The first-order chi connectivity index (χ1) is 8.63. The number of rotatable bonds is 3. The molecule has 1 aromatic rings. The lowest BCUT2D eigenvalue weighted by molar-refractivity contribution is -0.147. The van der Waals surface area contributed by atoms with Crippen molar-refractivity contribution < 1.29 is 18.3 Å². The van der Waals surface area contributed by atoms with E-state index in [1.54, 1.807) is 26.0 Å². The Labute approximate surface area is 113 Å². The molecule has 19 heavy (non-hydrogen) atoms. The Balaban J connectivity index is 2.43. The molecule has 1 aromatic carbocycles. The predicted octanol–water partition coefficient (Wildman–Crippen LogP) is 2.37. The zero-order chi connectivity index (χ0) is 14.4. The molecule has 0 spiro atoms. The highest BCUT2D eigenvalue weighted by molar-refractivity contribution is 7.91. The summed E-state index contributed by atoms with van der Waals surface area (Å²) in [5.74, 6) is -1.11. The Kier molecular flexibility index (Phi) is 3.21. The van der Waals surface area contributed by atoms with Gasteiger partial charge in [-0.25, -0.2) is 8.42 Å². The molecule has 0 saturated carbocycles. The van der Waals surface area contributed by atoms with Crippen LogP contribution in [0, 0.1) is 12.3 Å². The van der Waals surface area contributed by atoms with Gasteiger partial charge in [-0.1, -0.05) is 17.7 Å². The first kappa shape index (κ1) is 14.1. The van der Waals surface area contributed by atoms with E-state index in [0.29, 0.717) is 11.3 Å². The third-order valence-corrected chi connectivity index (χ3v) is 5.58. The minimum Gasteiger partial charge on any atom is -0.481 e. The van der Waals surface area contributed by atoms with Gasteiger partial charge in [-0.05, 0) is 38.8 Å². The summed E-state index contributed by atoms with van der Waals surface area (Å²) in [6, 6.07) is 5.28. The standard InChI is InChI=1S/C14H18O4S/c1-9-4-5-12-11(6-9)10(8-19(12,17)18)7-14(2,3)13(15)16/h4-6,10H,7-8H2,1-3H3,(H,15,16). The molecule has 1 aliphatic rings. The van der Waals surface area contributed by atoms with Gasteiger partial charge in [-0.15, -0.1) is 0 Å². The van der Waals surface area contributed by atoms with E-state index in [9.17, 15) is 18.3 Å². The molecule has 4 nitrogen and oxygen atoms in total. The first-order valence-corrected chi connectivity index (χ1v) is 7.85. The lowest BCUT2D eigenvalue weighted by Crippen LogP contribution is -2.26. The highest BCUT2D eigenvalue weighted by atomic mass is 32.2. The van der Waals surface area contributed by atoms with Crippen molar-refractivity contribution in [1.29, 1.82) is 0 Å². The maximum absolute atomic E-state index is 12.1. The van der Waals surface area contributed by atoms with Crippen LogP contribution < -0.4 is 0 Å². The molecule has 0 bridgehead atoms. The molecular weight excluding hydrogens is 264 g/mol. The van der Waals surface area contributed by atoms with Gasteiger partial charge in [0.25, 0.3) is 0 Å². The summed E-state index contributed by atoms with van der Waals surface area (Å²) in [7, 11) is -3.26. The number of aliphatic carboxylic acids is 1. The zero-order valence-electron chi connectivity index (χ0n) is 11.3. The van der Waals surface area contributed by atoms with Gasteiger partial charge in [0.1, 0.15) is 0 Å². The Hall–Kier alpha value is -1.36. The lowest BCUT2D eigenvalue weighted by atomic mass is 9.80. The highest BCUT2D eigenvalue weighted by Gasteiger charge is 2.40. The van der Waals surface area contributed by atoms with E-state index in [1.165, 1.54) is 0 Å². The van der Waals surface area contributed by atoms with Crippen LogP contribution in [0.5, 0.6) is 0 Å². The van der Waals surface area contributed by atoms with Gasteiger partial charge in [0.05, 0.1) is 16.1 Å². The number of carbonyl (C=O) groups is 1. The average molecular weight is 282 g/mol. The molecule has 0 amide bonds. The molecule has 5 heteroatoms. The number of fused-ring (bicyclic) bond motifs is 1. The van der Waals surface area contributed by atoms with E-state index in [1.807, 2.05) is 13.0 Å². The molecule has 0 radical (unpaired) electrons. The number of hydrogen-bond acceptors (Lipinski definition) is 3. The molecule has 0 fully saturated rings. The predicted molar refractivity (Wildman–Crippen MR) is 72.0 cm³/mol. The third kappa shape index (κ3) is 2.52. The molecule has 0 saturated heterocycles. The summed E-state index contributed by atoms with van der Waals surface area (Å²) in [5.41, 5.74) is 0.842. The normalized spacial score (nSPS) is 21.1. The van der Waals surface area contributed by atoms with E-state index in [0.717, 1.165) is 11.1 Å². The Morgan fingerprint density at radius 3 is 2.63 bits per heavy atom. The van der Waals surface area contributed by atoms with Gasteiger partial charge in [-0.3, -0.25) is 4.79 Å². The Morgan fingerprint density at radius 1 is 1.42 bits per heavy atom. The van der Waals surface area contributed by atoms with E-state index < -0.39 is 21.2 Å². The van der Waals surface area contributed by atoms with Crippen molar-refractivity contribution >= 4 is 15.8 Å². The second-order valence-corrected chi connectivity index (χ2v) is 7.92. The van der Waals surface area contributed by atoms with Gasteiger partial charge >= 0.3 is 5.97 Å². The van der Waals surface area contributed by atoms with Crippen LogP contribution in [0.3, 0.4) is 0 Å². The van der Waals surface area contributed by atoms with Crippen molar-refractivity contribution in [2.24, 2.45) is 5.41 Å². The van der Waals surface area contributed by atoms with Crippen molar-refractivity contribution in [2.45, 2.75) is 38.0 Å². The Morgan fingerprint density at radius 2 is 2.05 bits per heavy atom. The summed E-state index contributed by atoms with van der Waals surface area (Å²) in [6.07, 6.45) is 0.331. The molecule has 0 aromatic heterocycles. The molecule has 1 unspecified atom stereocenters. The summed E-state index contributed by atoms with van der Waals surface area (Å²) >= 11 is 0. The lowest BCUT2D eigenvalue weighted by Gasteiger charge is -2.23. The van der Waals surface area contributed by atoms with Gasteiger partial charge < -0.3 is 5.11 Å². The van der Waals surface area contributed by atoms with E-state index >= 15 is 0 Å². The second kappa shape index (κ2) is 4.34. The maximum atomic E-state index is 12.1. The minimum absolute atomic E-state index is 0.0164. The topological polar surface area (TPSA) is 71.4 Å². The van der Waals surface area contributed by atoms with Crippen LogP contribution in [-0.4, -0.2) is 25.2 Å². The quantitative estimate of drug-likeness (QED) is 0.923. The number of carboxylic acids is 1. The summed E-state index contributed by atoms with van der Waals surface area (Å²) < 4.78 is 24.2. The Bertz CT molecular complexity index is 629. The van der Waals surface area contributed by atoms with Gasteiger partial charge in [-0.2, -0.15) is 0 Å². The third-order valence-electron chi connectivity index (χ3n) is 3.70. The average Bonchev–Trinajstić information content (AvgIpc) is 2.49. The van der Waals surface area contributed by atoms with Crippen molar-refractivity contribution in [3.63, 3.8) is 0 Å². The molecule has 2 rings (SSSR count). The van der Waals surface area contributed by atoms with Crippen LogP contribution in [0.1, 0.15) is 37.3 Å².